The molecule has 0 saturated carbocycles. The predicted molar refractivity (Wildman–Crippen MR) is 65.3 cm³/mol. The molecule has 0 aliphatic carbocycles. The van der Waals surface area contributed by atoms with Crippen LogP contribution in [0.1, 0.15) is 19.8 Å². The molecule has 0 spiro atoms. The van der Waals surface area contributed by atoms with Gasteiger partial charge in [-0.25, -0.2) is 4.98 Å². The van der Waals surface area contributed by atoms with E-state index >= 15 is 0 Å². The SMILES string of the molecule is CCCCSc1n[nH]c(-c2cccs2)n1. The highest BCUT2D eigenvalue weighted by molar-refractivity contribution is 7.99. The number of unbranched alkanes of at least 4 members (excludes halogenated alkanes) is 1. The van der Waals surface area contributed by atoms with Crippen molar-refractivity contribution < 1.29 is 0 Å². The minimum Gasteiger partial charge on any atom is -0.257 e. The third-order valence-corrected chi connectivity index (χ3v) is 3.76. The summed E-state index contributed by atoms with van der Waals surface area (Å²) in [6.07, 6.45) is 2.43. The molecule has 0 radical (unpaired) electrons. The summed E-state index contributed by atoms with van der Waals surface area (Å²) < 4.78 is 0. The molecule has 0 amide bonds. The molecule has 80 valence electrons. The summed E-state index contributed by atoms with van der Waals surface area (Å²) in [7, 11) is 0. The van der Waals surface area contributed by atoms with Crippen molar-refractivity contribution in [1.29, 1.82) is 0 Å². The molecule has 0 aliphatic heterocycles. The van der Waals surface area contributed by atoms with Gasteiger partial charge in [-0.3, -0.25) is 5.10 Å². The van der Waals surface area contributed by atoms with Gasteiger partial charge in [0.25, 0.3) is 0 Å². The quantitative estimate of drug-likeness (QED) is 0.642. The summed E-state index contributed by atoms with van der Waals surface area (Å²) in [5.74, 6) is 1.97. The van der Waals surface area contributed by atoms with Crippen LogP contribution in [0.5, 0.6) is 0 Å². The normalized spacial score (nSPS) is 10.7. The number of H-pyrrole nitrogens is 1. The lowest BCUT2D eigenvalue weighted by atomic mass is 10.4. The number of thiophene rings is 1. The van der Waals surface area contributed by atoms with Gasteiger partial charge in [-0.15, -0.1) is 16.4 Å². The largest absolute Gasteiger partial charge is 0.257 e. The van der Waals surface area contributed by atoms with Crippen molar-refractivity contribution >= 4 is 23.1 Å². The van der Waals surface area contributed by atoms with E-state index < -0.39 is 0 Å². The first-order valence-corrected chi connectivity index (χ1v) is 6.85. The van der Waals surface area contributed by atoms with Crippen molar-refractivity contribution in [3.63, 3.8) is 0 Å². The molecule has 5 heteroatoms. The number of hydrogen-bond acceptors (Lipinski definition) is 4. The van der Waals surface area contributed by atoms with Gasteiger partial charge in [0, 0.05) is 5.75 Å². The van der Waals surface area contributed by atoms with E-state index in [0.717, 1.165) is 21.6 Å². The second-order valence-electron chi connectivity index (χ2n) is 3.15. The van der Waals surface area contributed by atoms with Crippen LogP contribution in [0.4, 0.5) is 0 Å². The molecule has 0 unspecified atom stereocenters. The molecule has 0 aromatic carbocycles. The predicted octanol–water partition coefficient (Wildman–Crippen LogP) is 3.43. The molecule has 2 aromatic heterocycles. The van der Waals surface area contributed by atoms with Crippen LogP contribution in [0.3, 0.4) is 0 Å². The Morgan fingerprint density at radius 3 is 3.20 bits per heavy atom. The number of nitrogens with zero attached hydrogens (tertiary/aromatic N) is 2. The Kier molecular flexibility index (Phi) is 3.80. The molecule has 0 fully saturated rings. The van der Waals surface area contributed by atoms with Crippen molar-refractivity contribution in [2.45, 2.75) is 24.9 Å². The zero-order valence-corrected chi connectivity index (χ0v) is 10.2. The van der Waals surface area contributed by atoms with Crippen molar-refractivity contribution in [2.75, 3.05) is 5.75 Å². The Morgan fingerprint density at radius 2 is 2.47 bits per heavy atom. The smallest absolute Gasteiger partial charge is 0.208 e. The molecule has 0 saturated heterocycles. The fourth-order valence-corrected chi connectivity index (χ4v) is 2.69. The van der Waals surface area contributed by atoms with Gasteiger partial charge in [0.05, 0.1) is 4.88 Å². The highest BCUT2D eigenvalue weighted by atomic mass is 32.2. The number of hydrogen-bond donors (Lipinski definition) is 1. The fourth-order valence-electron chi connectivity index (χ4n) is 1.14. The summed E-state index contributed by atoms with van der Waals surface area (Å²) in [6, 6.07) is 4.07. The van der Waals surface area contributed by atoms with E-state index in [-0.39, 0.29) is 0 Å². The van der Waals surface area contributed by atoms with E-state index in [1.807, 2.05) is 17.5 Å². The van der Waals surface area contributed by atoms with Crippen molar-refractivity contribution in [2.24, 2.45) is 0 Å². The maximum atomic E-state index is 4.43. The second-order valence-corrected chi connectivity index (χ2v) is 5.16. The van der Waals surface area contributed by atoms with E-state index in [4.69, 9.17) is 0 Å². The number of aromatic amines is 1. The Bertz CT molecular complexity index is 394. The number of nitrogens with one attached hydrogen (secondary N) is 1. The standard InChI is InChI=1S/C10H13N3S2/c1-2-3-6-15-10-11-9(12-13-10)8-5-4-7-14-8/h4-5,7H,2-3,6H2,1H3,(H,11,12,13). The van der Waals surface area contributed by atoms with E-state index in [1.54, 1.807) is 23.1 Å². The molecular weight excluding hydrogens is 226 g/mol. The zero-order chi connectivity index (χ0) is 10.5. The van der Waals surface area contributed by atoms with Crippen LogP contribution >= 0.6 is 23.1 Å². The third kappa shape index (κ3) is 2.82. The molecule has 15 heavy (non-hydrogen) atoms. The summed E-state index contributed by atoms with van der Waals surface area (Å²) in [6.45, 7) is 2.19. The minimum atomic E-state index is 0.854. The van der Waals surface area contributed by atoms with E-state index in [1.165, 1.54) is 12.8 Å². The van der Waals surface area contributed by atoms with Crippen LogP contribution < -0.4 is 0 Å². The Hall–Kier alpha value is -0.810. The topological polar surface area (TPSA) is 41.6 Å². The first-order chi connectivity index (χ1) is 7.40. The van der Waals surface area contributed by atoms with Crippen LogP contribution in [0.25, 0.3) is 10.7 Å². The molecular formula is C10H13N3S2. The van der Waals surface area contributed by atoms with Crippen LogP contribution in [-0.4, -0.2) is 20.9 Å². The summed E-state index contributed by atoms with van der Waals surface area (Å²) >= 11 is 3.39. The second kappa shape index (κ2) is 5.32. The van der Waals surface area contributed by atoms with Gasteiger partial charge in [-0.05, 0) is 17.9 Å². The molecule has 3 nitrogen and oxygen atoms in total. The Balaban J connectivity index is 1.98. The molecule has 0 atom stereocenters. The van der Waals surface area contributed by atoms with Crippen molar-refractivity contribution in [3.8, 4) is 10.7 Å². The minimum absolute atomic E-state index is 0.854. The molecule has 2 heterocycles. The summed E-state index contributed by atoms with van der Waals surface area (Å²) in [5.41, 5.74) is 0. The lowest BCUT2D eigenvalue weighted by molar-refractivity contribution is 0.889. The van der Waals surface area contributed by atoms with Gasteiger partial charge in [-0.2, -0.15) is 0 Å². The van der Waals surface area contributed by atoms with E-state index in [2.05, 4.69) is 22.1 Å². The average Bonchev–Trinajstić information content (AvgIpc) is 2.87. The van der Waals surface area contributed by atoms with Crippen molar-refractivity contribution in [1.82, 2.24) is 15.2 Å². The molecule has 0 bridgehead atoms. The van der Waals surface area contributed by atoms with Crippen LogP contribution in [-0.2, 0) is 0 Å². The highest BCUT2D eigenvalue weighted by Crippen LogP contribution is 2.23. The highest BCUT2D eigenvalue weighted by Gasteiger charge is 2.05. The molecule has 2 rings (SSSR count). The summed E-state index contributed by atoms with van der Waals surface area (Å²) in [4.78, 5) is 5.57. The maximum Gasteiger partial charge on any atom is 0.208 e. The zero-order valence-electron chi connectivity index (χ0n) is 8.56. The maximum absolute atomic E-state index is 4.43. The molecule has 1 N–H and O–H groups in total. The van der Waals surface area contributed by atoms with Crippen LogP contribution in [0.2, 0.25) is 0 Å². The molecule has 0 aliphatic rings. The molecule has 2 aromatic rings. The van der Waals surface area contributed by atoms with Crippen molar-refractivity contribution in [3.05, 3.63) is 17.5 Å². The number of thioether (sulfide) groups is 1. The van der Waals surface area contributed by atoms with Gasteiger partial charge in [0.15, 0.2) is 5.82 Å². The van der Waals surface area contributed by atoms with Gasteiger partial charge in [0.1, 0.15) is 0 Å². The van der Waals surface area contributed by atoms with E-state index in [9.17, 15) is 0 Å². The lowest BCUT2D eigenvalue weighted by Crippen LogP contribution is -1.80. The Morgan fingerprint density at radius 1 is 1.53 bits per heavy atom. The first kappa shape index (κ1) is 10.7. The van der Waals surface area contributed by atoms with Crippen LogP contribution in [0, 0.1) is 0 Å². The van der Waals surface area contributed by atoms with Crippen LogP contribution in [0.15, 0.2) is 22.7 Å². The lowest BCUT2D eigenvalue weighted by Gasteiger charge is -1.92. The average molecular weight is 239 g/mol. The monoisotopic (exact) mass is 239 g/mol. The number of rotatable bonds is 5. The van der Waals surface area contributed by atoms with E-state index in [0.29, 0.717) is 0 Å². The Labute approximate surface area is 97.3 Å². The van der Waals surface area contributed by atoms with Gasteiger partial charge in [0.2, 0.25) is 5.16 Å². The van der Waals surface area contributed by atoms with Gasteiger partial charge < -0.3 is 0 Å². The first-order valence-electron chi connectivity index (χ1n) is 4.99. The number of aromatic nitrogens is 3. The summed E-state index contributed by atoms with van der Waals surface area (Å²) in [5, 5.41) is 10.0. The van der Waals surface area contributed by atoms with Gasteiger partial charge in [-0.1, -0.05) is 31.2 Å². The third-order valence-electron chi connectivity index (χ3n) is 1.95. The van der Waals surface area contributed by atoms with Gasteiger partial charge >= 0.3 is 0 Å². The fraction of sp³-hybridized carbons (Fsp3) is 0.400.